The summed E-state index contributed by atoms with van der Waals surface area (Å²) in [6.45, 7) is 1.94. The molecule has 1 amide bonds. The molecule has 0 spiro atoms. The summed E-state index contributed by atoms with van der Waals surface area (Å²) < 4.78 is 11.2. The molecule has 2 N–H and O–H groups in total. The number of hydrogen-bond acceptors (Lipinski definition) is 6. The number of nitrogens with one attached hydrogen (secondary N) is 2. The lowest BCUT2D eigenvalue weighted by atomic mass is 10.2. The molecule has 1 heterocycles. The molecule has 1 fully saturated rings. The summed E-state index contributed by atoms with van der Waals surface area (Å²) in [4.78, 5) is 22.9. The number of carbonyl (C=O) groups excluding carboxylic acids is 1. The van der Waals surface area contributed by atoms with Crippen LogP contribution in [0.15, 0.2) is 48.5 Å². The zero-order chi connectivity index (χ0) is 19.8. The van der Waals surface area contributed by atoms with Gasteiger partial charge in [0.05, 0.1) is 11.0 Å². The zero-order valence-corrected chi connectivity index (χ0v) is 15.4. The van der Waals surface area contributed by atoms with Crippen molar-refractivity contribution in [3.63, 3.8) is 0 Å². The van der Waals surface area contributed by atoms with E-state index < -0.39 is 4.92 Å². The minimum atomic E-state index is -0.441. The molecule has 148 valence electrons. The van der Waals surface area contributed by atoms with Crippen molar-refractivity contribution < 1.29 is 19.2 Å². The molecule has 2 aromatic carbocycles. The number of nitro benzene ring substituents is 1. The third-order valence-corrected chi connectivity index (χ3v) is 4.38. The lowest BCUT2D eigenvalue weighted by Gasteiger charge is -2.12. The van der Waals surface area contributed by atoms with Crippen molar-refractivity contribution in [2.24, 2.45) is 0 Å². The average molecular weight is 385 g/mol. The van der Waals surface area contributed by atoms with Crippen LogP contribution < -0.4 is 15.4 Å². The average Bonchev–Trinajstić information content (AvgIpc) is 3.23. The van der Waals surface area contributed by atoms with Crippen LogP contribution in [0.4, 0.5) is 11.4 Å². The van der Waals surface area contributed by atoms with E-state index in [-0.39, 0.29) is 17.7 Å². The maximum atomic E-state index is 12.3. The first-order chi connectivity index (χ1) is 13.6. The first kappa shape index (κ1) is 19.6. The van der Waals surface area contributed by atoms with Crippen molar-refractivity contribution in [2.45, 2.75) is 18.9 Å². The number of hydrogen-bond donors (Lipinski definition) is 2. The highest BCUT2D eigenvalue weighted by atomic mass is 16.6. The van der Waals surface area contributed by atoms with Gasteiger partial charge in [0.25, 0.3) is 11.6 Å². The number of para-hydroxylation sites is 2. The molecule has 8 heteroatoms. The monoisotopic (exact) mass is 385 g/mol. The zero-order valence-electron chi connectivity index (χ0n) is 15.4. The van der Waals surface area contributed by atoms with Gasteiger partial charge in [0.1, 0.15) is 18.0 Å². The van der Waals surface area contributed by atoms with Crippen molar-refractivity contribution in [3.05, 3.63) is 64.2 Å². The predicted octanol–water partition coefficient (Wildman–Crippen LogP) is 2.99. The maximum absolute atomic E-state index is 12.3. The molecule has 1 atom stereocenters. The topological polar surface area (TPSA) is 103 Å². The van der Waals surface area contributed by atoms with Crippen LogP contribution in [0.2, 0.25) is 0 Å². The van der Waals surface area contributed by atoms with E-state index in [1.807, 2.05) is 6.07 Å². The molecule has 1 aliphatic heterocycles. The standard InChI is InChI=1S/C20H23N3O5/c24-20(22-11-10-21-18-8-1-2-9-19(18)23(25)26)15-5-3-6-16(13-15)28-14-17-7-4-12-27-17/h1-3,5-6,8-9,13,17,21H,4,7,10-12,14H2,(H,22,24). The molecule has 1 saturated heterocycles. The van der Waals surface area contributed by atoms with Gasteiger partial charge in [-0.05, 0) is 37.1 Å². The molecule has 0 saturated carbocycles. The molecule has 0 aromatic heterocycles. The summed E-state index contributed by atoms with van der Waals surface area (Å²) in [7, 11) is 0. The minimum Gasteiger partial charge on any atom is -0.491 e. The molecule has 0 radical (unpaired) electrons. The van der Waals surface area contributed by atoms with Crippen molar-refractivity contribution in [1.82, 2.24) is 5.32 Å². The normalized spacial score (nSPS) is 15.8. The van der Waals surface area contributed by atoms with E-state index in [1.54, 1.807) is 36.4 Å². The van der Waals surface area contributed by atoms with Crippen molar-refractivity contribution in [2.75, 3.05) is 31.6 Å². The van der Waals surface area contributed by atoms with Gasteiger partial charge in [0.2, 0.25) is 0 Å². The number of benzene rings is 2. The SMILES string of the molecule is O=C(NCCNc1ccccc1[N+](=O)[O-])c1cccc(OCC2CCCO2)c1. The number of carbonyl (C=O) groups is 1. The number of anilines is 1. The van der Waals surface area contributed by atoms with Gasteiger partial charge in [-0.15, -0.1) is 0 Å². The van der Waals surface area contributed by atoms with E-state index in [4.69, 9.17) is 9.47 Å². The van der Waals surface area contributed by atoms with Crippen LogP contribution in [-0.2, 0) is 4.74 Å². The van der Waals surface area contributed by atoms with Crippen LogP contribution >= 0.6 is 0 Å². The van der Waals surface area contributed by atoms with Gasteiger partial charge in [-0.3, -0.25) is 14.9 Å². The summed E-state index contributed by atoms with van der Waals surface area (Å²) in [6, 6.07) is 13.4. The highest BCUT2D eigenvalue weighted by Crippen LogP contribution is 2.22. The number of ether oxygens (including phenoxy) is 2. The van der Waals surface area contributed by atoms with E-state index >= 15 is 0 Å². The predicted molar refractivity (Wildman–Crippen MR) is 105 cm³/mol. The number of rotatable bonds is 9. The smallest absolute Gasteiger partial charge is 0.292 e. The molecule has 28 heavy (non-hydrogen) atoms. The molecule has 2 aromatic rings. The lowest BCUT2D eigenvalue weighted by molar-refractivity contribution is -0.384. The Balaban J connectivity index is 1.46. The molecule has 1 unspecified atom stereocenters. The van der Waals surface area contributed by atoms with Gasteiger partial charge >= 0.3 is 0 Å². The first-order valence-electron chi connectivity index (χ1n) is 9.23. The van der Waals surface area contributed by atoms with Gasteiger partial charge in [-0.2, -0.15) is 0 Å². The molecular formula is C20H23N3O5. The van der Waals surface area contributed by atoms with Gasteiger partial charge in [0.15, 0.2) is 0 Å². The molecule has 0 bridgehead atoms. The highest BCUT2D eigenvalue weighted by Gasteiger charge is 2.16. The Hall–Kier alpha value is -3.13. The van der Waals surface area contributed by atoms with Gasteiger partial charge in [0, 0.05) is 31.3 Å². The fourth-order valence-electron chi connectivity index (χ4n) is 2.95. The Morgan fingerprint density at radius 3 is 2.86 bits per heavy atom. The summed E-state index contributed by atoms with van der Waals surface area (Å²) in [6.07, 6.45) is 2.16. The summed E-state index contributed by atoms with van der Waals surface area (Å²) in [5.41, 5.74) is 0.923. The third kappa shape index (κ3) is 5.43. The second-order valence-electron chi connectivity index (χ2n) is 6.43. The number of amides is 1. The number of nitro groups is 1. The third-order valence-electron chi connectivity index (χ3n) is 4.38. The molecule has 3 rings (SSSR count). The van der Waals surface area contributed by atoms with E-state index in [9.17, 15) is 14.9 Å². The van der Waals surface area contributed by atoms with Crippen molar-refractivity contribution in [1.29, 1.82) is 0 Å². The molecular weight excluding hydrogens is 362 g/mol. The first-order valence-corrected chi connectivity index (χ1v) is 9.23. The summed E-state index contributed by atoms with van der Waals surface area (Å²) >= 11 is 0. The van der Waals surface area contributed by atoms with Gasteiger partial charge in [-0.25, -0.2) is 0 Å². The lowest BCUT2D eigenvalue weighted by Crippen LogP contribution is -2.28. The Kier molecular flexibility index (Phi) is 6.80. The maximum Gasteiger partial charge on any atom is 0.292 e. The van der Waals surface area contributed by atoms with Crippen molar-refractivity contribution >= 4 is 17.3 Å². The van der Waals surface area contributed by atoms with Crippen LogP contribution in [0.25, 0.3) is 0 Å². The van der Waals surface area contributed by atoms with Crippen LogP contribution in [0, 0.1) is 10.1 Å². The molecule has 8 nitrogen and oxygen atoms in total. The fourth-order valence-corrected chi connectivity index (χ4v) is 2.95. The van der Waals surface area contributed by atoms with Crippen LogP contribution in [0.1, 0.15) is 23.2 Å². The minimum absolute atomic E-state index is 0.00455. The molecule has 0 aliphatic carbocycles. The molecule has 1 aliphatic rings. The fraction of sp³-hybridized carbons (Fsp3) is 0.350. The summed E-state index contributed by atoms with van der Waals surface area (Å²) in [5, 5.41) is 16.8. The largest absolute Gasteiger partial charge is 0.491 e. The summed E-state index contributed by atoms with van der Waals surface area (Å²) in [5.74, 6) is 0.396. The van der Waals surface area contributed by atoms with Crippen LogP contribution in [0.3, 0.4) is 0 Å². The second-order valence-corrected chi connectivity index (χ2v) is 6.43. The van der Waals surface area contributed by atoms with E-state index in [1.165, 1.54) is 6.07 Å². The number of nitrogens with zero attached hydrogens (tertiary/aromatic N) is 1. The Morgan fingerprint density at radius 2 is 2.07 bits per heavy atom. The Morgan fingerprint density at radius 1 is 1.21 bits per heavy atom. The quantitative estimate of drug-likeness (QED) is 0.391. The van der Waals surface area contributed by atoms with Gasteiger partial charge in [-0.1, -0.05) is 18.2 Å². The second kappa shape index (κ2) is 9.70. The highest BCUT2D eigenvalue weighted by molar-refractivity contribution is 5.94. The van der Waals surface area contributed by atoms with Crippen LogP contribution in [0.5, 0.6) is 5.75 Å². The van der Waals surface area contributed by atoms with Gasteiger partial charge < -0.3 is 20.1 Å². The Labute approximate surface area is 163 Å². The van der Waals surface area contributed by atoms with E-state index in [0.29, 0.717) is 36.7 Å². The van der Waals surface area contributed by atoms with E-state index in [2.05, 4.69) is 10.6 Å². The van der Waals surface area contributed by atoms with Crippen molar-refractivity contribution in [3.8, 4) is 5.75 Å². The van der Waals surface area contributed by atoms with E-state index in [0.717, 1.165) is 19.4 Å². The van der Waals surface area contributed by atoms with Crippen LogP contribution in [-0.4, -0.2) is 43.2 Å². The Bertz CT molecular complexity index is 821.